The third-order valence-electron chi connectivity index (χ3n) is 2.61. The van der Waals surface area contributed by atoms with E-state index in [1.807, 2.05) is 20.0 Å². The predicted molar refractivity (Wildman–Crippen MR) is 69.0 cm³/mol. The van der Waals surface area contributed by atoms with E-state index in [0.29, 0.717) is 12.6 Å². The van der Waals surface area contributed by atoms with Crippen LogP contribution in [0.15, 0.2) is 30.4 Å². The fourth-order valence-electron chi connectivity index (χ4n) is 1.47. The summed E-state index contributed by atoms with van der Waals surface area (Å²) in [5.41, 5.74) is 3.48. The molecule has 0 saturated carbocycles. The topological polar surface area (TPSA) is 21.3 Å². The average Bonchev–Trinajstić information content (AvgIpc) is 2.26. The Morgan fingerprint density at radius 3 is 2.69 bits per heavy atom. The Labute approximate surface area is 98.3 Å². The Morgan fingerprint density at radius 2 is 2.19 bits per heavy atom. The highest BCUT2D eigenvalue weighted by atomic mass is 16.5. The van der Waals surface area contributed by atoms with Crippen LogP contribution in [0, 0.1) is 6.92 Å². The lowest BCUT2D eigenvalue weighted by Crippen LogP contribution is -2.12. The van der Waals surface area contributed by atoms with E-state index in [1.54, 1.807) is 0 Å². The molecular formula is C14H21NO. The molecule has 0 spiro atoms. The molecule has 0 aromatic heterocycles. The van der Waals surface area contributed by atoms with Crippen LogP contribution in [-0.4, -0.2) is 13.7 Å². The Kier molecular flexibility index (Phi) is 4.56. The molecule has 0 heterocycles. The van der Waals surface area contributed by atoms with Crippen molar-refractivity contribution < 1.29 is 4.74 Å². The van der Waals surface area contributed by atoms with Crippen molar-refractivity contribution in [3.8, 4) is 5.75 Å². The van der Waals surface area contributed by atoms with Crippen molar-refractivity contribution in [3.63, 3.8) is 0 Å². The van der Waals surface area contributed by atoms with Gasteiger partial charge in [0.25, 0.3) is 0 Å². The van der Waals surface area contributed by atoms with Crippen LogP contribution in [0.2, 0.25) is 0 Å². The molecule has 88 valence electrons. The van der Waals surface area contributed by atoms with Gasteiger partial charge in [0, 0.05) is 6.04 Å². The van der Waals surface area contributed by atoms with Crippen molar-refractivity contribution in [2.75, 3.05) is 13.7 Å². The number of nitrogens with one attached hydrogen (secondary N) is 1. The van der Waals surface area contributed by atoms with Gasteiger partial charge in [-0.05, 0) is 50.6 Å². The SMILES string of the molecule is C=C(C)COc1ccc(C(C)NC)cc1C. The normalized spacial score (nSPS) is 12.2. The second-order valence-corrected chi connectivity index (χ2v) is 4.28. The van der Waals surface area contributed by atoms with Gasteiger partial charge in [-0.1, -0.05) is 18.7 Å². The van der Waals surface area contributed by atoms with E-state index in [0.717, 1.165) is 11.3 Å². The van der Waals surface area contributed by atoms with Crippen LogP contribution in [-0.2, 0) is 0 Å². The fraction of sp³-hybridized carbons (Fsp3) is 0.429. The van der Waals surface area contributed by atoms with E-state index in [9.17, 15) is 0 Å². The molecule has 0 aliphatic heterocycles. The number of aryl methyl sites for hydroxylation is 1. The van der Waals surface area contributed by atoms with Gasteiger partial charge < -0.3 is 10.1 Å². The van der Waals surface area contributed by atoms with E-state index in [2.05, 4.69) is 37.9 Å². The largest absolute Gasteiger partial charge is 0.489 e. The molecule has 2 nitrogen and oxygen atoms in total. The van der Waals surface area contributed by atoms with Crippen LogP contribution >= 0.6 is 0 Å². The minimum Gasteiger partial charge on any atom is -0.489 e. The van der Waals surface area contributed by atoms with Crippen LogP contribution in [0.3, 0.4) is 0 Å². The van der Waals surface area contributed by atoms with Gasteiger partial charge in [-0.25, -0.2) is 0 Å². The second-order valence-electron chi connectivity index (χ2n) is 4.28. The van der Waals surface area contributed by atoms with Crippen LogP contribution in [0.5, 0.6) is 5.75 Å². The molecule has 1 unspecified atom stereocenters. The summed E-state index contributed by atoms with van der Waals surface area (Å²) in [6, 6.07) is 6.66. The van der Waals surface area contributed by atoms with E-state index in [-0.39, 0.29) is 0 Å². The quantitative estimate of drug-likeness (QED) is 0.768. The molecule has 1 aromatic rings. The van der Waals surface area contributed by atoms with E-state index < -0.39 is 0 Å². The first kappa shape index (κ1) is 12.8. The molecule has 0 bridgehead atoms. The first-order valence-electron chi connectivity index (χ1n) is 5.59. The van der Waals surface area contributed by atoms with E-state index in [4.69, 9.17) is 4.74 Å². The minimum absolute atomic E-state index is 0.369. The molecule has 1 N–H and O–H groups in total. The Bertz CT molecular complexity index is 371. The lowest BCUT2D eigenvalue weighted by atomic mass is 10.1. The maximum Gasteiger partial charge on any atom is 0.122 e. The van der Waals surface area contributed by atoms with Crippen molar-refractivity contribution in [2.24, 2.45) is 0 Å². The van der Waals surface area contributed by atoms with Crippen LogP contribution in [0.25, 0.3) is 0 Å². The lowest BCUT2D eigenvalue weighted by molar-refractivity contribution is 0.350. The standard InChI is InChI=1S/C14H21NO/c1-10(2)9-16-14-7-6-13(8-11(14)3)12(4)15-5/h6-8,12,15H,1,9H2,2-5H3. The summed E-state index contributed by atoms with van der Waals surface area (Å²) in [6.07, 6.45) is 0. The van der Waals surface area contributed by atoms with Gasteiger partial charge in [-0.15, -0.1) is 0 Å². The summed E-state index contributed by atoms with van der Waals surface area (Å²) in [5.74, 6) is 0.940. The smallest absolute Gasteiger partial charge is 0.122 e. The molecule has 2 heteroatoms. The van der Waals surface area contributed by atoms with E-state index in [1.165, 1.54) is 11.1 Å². The van der Waals surface area contributed by atoms with Gasteiger partial charge in [-0.3, -0.25) is 0 Å². The monoisotopic (exact) mass is 219 g/mol. The molecule has 0 fully saturated rings. The van der Waals surface area contributed by atoms with Crippen molar-refractivity contribution >= 4 is 0 Å². The Hall–Kier alpha value is -1.28. The molecular weight excluding hydrogens is 198 g/mol. The van der Waals surface area contributed by atoms with E-state index >= 15 is 0 Å². The van der Waals surface area contributed by atoms with Crippen molar-refractivity contribution in [1.29, 1.82) is 0 Å². The Morgan fingerprint density at radius 1 is 1.50 bits per heavy atom. The van der Waals surface area contributed by atoms with Crippen molar-refractivity contribution in [1.82, 2.24) is 5.32 Å². The highest BCUT2D eigenvalue weighted by Crippen LogP contribution is 2.22. The molecule has 0 radical (unpaired) electrons. The molecule has 1 atom stereocenters. The molecule has 16 heavy (non-hydrogen) atoms. The maximum absolute atomic E-state index is 5.65. The third-order valence-corrected chi connectivity index (χ3v) is 2.61. The van der Waals surface area contributed by atoms with Gasteiger partial charge in [-0.2, -0.15) is 0 Å². The van der Waals surface area contributed by atoms with Crippen LogP contribution < -0.4 is 10.1 Å². The number of ether oxygens (including phenoxy) is 1. The molecule has 0 aliphatic rings. The van der Waals surface area contributed by atoms with Crippen LogP contribution in [0.4, 0.5) is 0 Å². The fourth-order valence-corrected chi connectivity index (χ4v) is 1.47. The van der Waals surface area contributed by atoms with Gasteiger partial charge >= 0.3 is 0 Å². The Balaban J connectivity index is 2.79. The first-order chi connectivity index (χ1) is 7.54. The van der Waals surface area contributed by atoms with Gasteiger partial charge in [0.1, 0.15) is 12.4 Å². The summed E-state index contributed by atoms with van der Waals surface area (Å²) in [4.78, 5) is 0. The molecule has 0 aliphatic carbocycles. The number of benzene rings is 1. The zero-order valence-corrected chi connectivity index (χ0v) is 10.6. The summed E-state index contributed by atoms with van der Waals surface area (Å²) in [7, 11) is 1.96. The number of hydrogen-bond acceptors (Lipinski definition) is 2. The summed E-state index contributed by atoms with van der Waals surface area (Å²) < 4.78 is 5.65. The predicted octanol–water partition coefficient (Wildman–Crippen LogP) is 3.23. The molecule has 0 amide bonds. The van der Waals surface area contributed by atoms with Gasteiger partial charge in [0.05, 0.1) is 0 Å². The molecule has 0 saturated heterocycles. The zero-order chi connectivity index (χ0) is 12.1. The van der Waals surface area contributed by atoms with Gasteiger partial charge in [0.2, 0.25) is 0 Å². The van der Waals surface area contributed by atoms with Crippen molar-refractivity contribution in [2.45, 2.75) is 26.8 Å². The summed E-state index contributed by atoms with van der Waals surface area (Å²) in [6.45, 7) is 10.6. The van der Waals surface area contributed by atoms with Gasteiger partial charge in [0.15, 0.2) is 0 Å². The lowest BCUT2D eigenvalue weighted by Gasteiger charge is -2.14. The molecule has 1 aromatic carbocycles. The number of rotatable bonds is 5. The highest BCUT2D eigenvalue weighted by molar-refractivity contribution is 5.37. The first-order valence-corrected chi connectivity index (χ1v) is 5.59. The second kappa shape index (κ2) is 5.71. The third kappa shape index (κ3) is 3.38. The number of hydrogen-bond donors (Lipinski definition) is 1. The zero-order valence-electron chi connectivity index (χ0n) is 10.6. The van der Waals surface area contributed by atoms with Crippen LogP contribution in [0.1, 0.15) is 31.0 Å². The summed E-state index contributed by atoms with van der Waals surface area (Å²) in [5, 5.41) is 3.22. The average molecular weight is 219 g/mol. The highest BCUT2D eigenvalue weighted by Gasteiger charge is 2.05. The maximum atomic E-state index is 5.65. The minimum atomic E-state index is 0.369. The van der Waals surface area contributed by atoms with Crippen molar-refractivity contribution in [3.05, 3.63) is 41.5 Å². The molecule has 1 rings (SSSR count). The summed E-state index contributed by atoms with van der Waals surface area (Å²) >= 11 is 0.